The molecule has 0 radical (unpaired) electrons. The molecule has 0 unspecified atom stereocenters. The molecule has 30 heavy (non-hydrogen) atoms. The molecule has 0 spiro atoms. The Morgan fingerprint density at radius 2 is 1.83 bits per heavy atom. The molecule has 0 aliphatic carbocycles. The maximum atomic E-state index is 12.7. The van der Waals surface area contributed by atoms with E-state index in [2.05, 4.69) is 10.6 Å². The molecular formula is C21H19ClN2O5S. The lowest BCUT2D eigenvalue weighted by Gasteiger charge is -2.12. The number of nitrogens with one attached hydrogen (secondary N) is 2. The number of furan rings is 1. The summed E-state index contributed by atoms with van der Waals surface area (Å²) in [6.07, 6.45) is -1.18. The minimum atomic E-state index is -1.18. The first-order valence-electron chi connectivity index (χ1n) is 9.01. The van der Waals surface area contributed by atoms with Gasteiger partial charge in [0.2, 0.25) is 5.76 Å². The van der Waals surface area contributed by atoms with Crippen LogP contribution in [0.5, 0.6) is 0 Å². The average Bonchev–Trinajstić information content (AvgIpc) is 3.12. The third-order valence-electron chi connectivity index (χ3n) is 4.20. The molecule has 0 fully saturated rings. The lowest BCUT2D eigenvalue weighted by atomic mass is 10.1. The summed E-state index contributed by atoms with van der Waals surface area (Å²) < 4.78 is 11.0. The van der Waals surface area contributed by atoms with Crippen LogP contribution in [0.15, 0.2) is 57.8 Å². The predicted molar refractivity (Wildman–Crippen MR) is 115 cm³/mol. The van der Waals surface area contributed by atoms with Gasteiger partial charge in [-0.05, 0) is 37.3 Å². The Labute approximate surface area is 182 Å². The second kappa shape index (κ2) is 9.69. The molecule has 3 aromatic rings. The van der Waals surface area contributed by atoms with Gasteiger partial charge in [0.15, 0.2) is 6.10 Å². The van der Waals surface area contributed by atoms with Crippen LogP contribution in [-0.4, -0.2) is 31.1 Å². The summed E-state index contributed by atoms with van der Waals surface area (Å²) in [6, 6.07) is 13.9. The lowest BCUT2D eigenvalue weighted by Crippen LogP contribution is -2.43. The predicted octanol–water partition coefficient (Wildman–Crippen LogP) is 4.38. The third-order valence-corrected chi connectivity index (χ3v) is 5.49. The van der Waals surface area contributed by atoms with E-state index in [1.807, 2.05) is 24.3 Å². The quantitative estimate of drug-likeness (QED) is 0.430. The van der Waals surface area contributed by atoms with Crippen LogP contribution in [0.1, 0.15) is 23.0 Å². The Hall–Kier alpha value is -2.97. The van der Waals surface area contributed by atoms with Gasteiger partial charge in [-0.1, -0.05) is 29.8 Å². The second-order valence-electron chi connectivity index (χ2n) is 6.26. The van der Waals surface area contributed by atoms with Gasteiger partial charge in [-0.3, -0.25) is 10.1 Å². The van der Waals surface area contributed by atoms with Gasteiger partial charge < -0.3 is 14.5 Å². The summed E-state index contributed by atoms with van der Waals surface area (Å²) in [4.78, 5) is 37.0. The Balaban J connectivity index is 1.81. The Morgan fingerprint density at radius 3 is 2.53 bits per heavy atom. The number of amides is 3. The zero-order valence-electron chi connectivity index (χ0n) is 16.2. The number of para-hydroxylation sites is 1. The van der Waals surface area contributed by atoms with Crippen molar-refractivity contribution in [3.05, 3.63) is 64.9 Å². The van der Waals surface area contributed by atoms with Crippen molar-refractivity contribution in [1.82, 2.24) is 10.6 Å². The molecular weight excluding hydrogens is 428 g/mol. The van der Waals surface area contributed by atoms with E-state index in [0.29, 0.717) is 21.9 Å². The monoisotopic (exact) mass is 446 g/mol. The van der Waals surface area contributed by atoms with Gasteiger partial charge in [0.1, 0.15) is 5.58 Å². The molecule has 0 aliphatic heterocycles. The number of hydrogen-bond donors (Lipinski definition) is 2. The fourth-order valence-corrected chi connectivity index (χ4v) is 3.69. The summed E-state index contributed by atoms with van der Waals surface area (Å²) in [5.41, 5.74) is 1.20. The van der Waals surface area contributed by atoms with Crippen LogP contribution in [0.2, 0.25) is 5.02 Å². The molecule has 1 aromatic heterocycles. The van der Waals surface area contributed by atoms with Gasteiger partial charge in [-0.15, -0.1) is 11.8 Å². The number of halogens is 1. The van der Waals surface area contributed by atoms with Crippen molar-refractivity contribution in [2.75, 3.05) is 7.05 Å². The number of carbonyl (C=O) groups is 3. The maximum Gasteiger partial charge on any atom is 0.375 e. The fraction of sp³-hybridized carbons (Fsp3) is 0.190. The molecule has 3 amide bonds. The highest BCUT2D eigenvalue weighted by molar-refractivity contribution is 7.98. The number of imide groups is 1. The molecule has 2 aromatic carbocycles. The molecule has 7 nitrogen and oxygen atoms in total. The minimum Gasteiger partial charge on any atom is -0.449 e. The van der Waals surface area contributed by atoms with Crippen LogP contribution in [0.4, 0.5) is 4.79 Å². The molecule has 0 saturated carbocycles. The van der Waals surface area contributed by atoms with E-state index in [0.717, 1.165) is 10.3 Å². The molecule has 3 rings (SSSR count). The van der Waals surface area contributed by atoms with Crippen LogP contribution >= 0.6 is 23.4 Å². The summed E-state index contributed by atoms with van der Waals surface area (Å²) in [6.45, 7) is 1.38. The maximum absolute atomic E-state index is 12.7. The van der Waals surface area contributed by atoms with Crippen molar-refractivity contribution in [1.29, 1.82) is 0 Å². The average molecular weight is 447 g/mol. The normalized spacial score (nSPS) is 11.7. The van der Waals surface area contributed by atoms with E-state index in [1.54, 1.807) is 24.3 Å². The first-order chi connectivity index (χ1) is 14.4. The van der Waals surface area contributed by atoms with Crippen LogP contribution in [0.25, 0.3) is 11.0 Å². The van der Waals surface area contributed by atoms with Crippen molar-refractivity contribution >= 4 is 52.2 Å². The molecule has 156 valence electrons. The summed E-state index contributed by atoms with van der Waals surface area (Å²) in [5, 5.41) is 5.75. The first-order valence-corrected chi connectivity index (χ1v) is 10.4. The molecule has 2 N–H and O–H groups in total. The smallest absolute Gasteiger partial charge is 0.375 e. The van der Waals surface area contributed by atoms with E-state index in [4.69, 9.17) is 20.8 Å². The number of carbonyl (C=O) groups excluding carboxylic acids is 3. The van der Waals surface area contributed by atoms with Crippen molar-refractivity contribution < 1.29 is 23.5 Å². The number of fused-ring (bicyclic) bond motifs is 1. The fourth-order valence-electron chi connectivity index (χ4n) is 2.64. The van der Waals surface area contributed by atoms with Crippen LogP contribution in [-0.2, 0) is 15.3 Å². The van der Waals surface area contributed by atoms with Crippen molar-refractivity contribution in [2.45, 2.75) is 23.7 Å². The molecule has 0 saturated heterocycles. The standard InChI is InChI=1S/C21H19ClN2O5S/c1-12(19(25)24-21(27)23-2)28-20(26)18-16(15-5-3-4-6-17(15)29-18)11-30-14-9-7-13(22)8-10-14/h3-10,12H,11H2,1-2H3,(H2,23,24,25,27)/t12-/m1/s1. The van der Waals surface area contributed by atoms with Crippen molar-refractivity contribution in [2.24, 2.45) is 0 Å². The zero-order valence-corrected chi connectivity index (χ0v) is 17.8. The highest BCUT2D eigenvalue weighted by atomic mass is 35.5. The number of benzene rings is 2. The number of hydrogen-bond acceptors (Lipinski definition) is 6. The lowest BCUT2D eigenvalue weighted by molar-refractivity contribution is -0.128. The molecule has 0 aliphatic rings. The van der Waals surface area contributed by atoms with Gasteiger partial charge in [0.05, 0.1) is 0 Å². The highest BCUT2D eigenvalue weighted by Gasteiger charge is 2.26. The van der Waals surface area contributed by atoms with Crippen LogP contribution in [0, 0.1) is 0 Å². The summed E-state index contributed by atoms with van der Waals surface area (Å²) in [7, 11) is 1.37. The van der Waals surface area contributed by atoms with E-state index >= 15 is 0 Å². The second-order valence-corrected chi connectivity index (χ2v) is 7.75. The number of thioether (sulfide) groups is 1. The van der Waals surface area contributed by atoms with Gasteiger partial charge >= 0.3 is 12.0 Å². The number of esters is 1. The van der Waals surface area contributed by atoms with E-state index < -0.39 is 24.0 Å². The summed E-state index contributed by atoms with van der Waals surface area (Å²) in [5.74, 6) is -1.05. The van der Waals surface area contributed by atoms with Crippen molar-refractivity contribution in [3.8, 4) is 0 Å². The Kier molecular flexibility index (Phi) is 7.02. The summed E-state index contributed by atoms with van der Waals surface area (Å²) >= 11 is 7.44. The third kappa shape index (κ3) is 5.14. The van der Waals surface area contributed by atoms with Gasteiger partial charge in [-0.2, -0.15) is 0 Å². The number of ether oxygens (including phenoxy) is 1. The topological polar surface area (TPSA) is 97.6 Å². The van der Waals surface area contributed by atoms with Gasteiger partial charge in [-0.25, -0.2) is 9.59 Å². The first kappa shape index (κ1) is 21.7. The van der Waals surface area contributed by atoms with E-state index in [-0.39, 0.29) is 5.76 Å². The number of urea groups is 1. The minimum absolute atomic E-state index is 0.0252. The number of rotatable bonds is 6. The van der Waals surface area contributed by atoms with E-state index in [1.165, 1.54) is 25.7 Å². The van der Waals surface area contributed by atoms with Gasteiger partial charge in [0.25, 0.3) is 5.91 Å². The molecule has 9 heteroatoms. The SMILES string of the molecule is CNC(=O)NC(=O)[C@@H](C)OC(=O)c1oc2ccccc2c1CSc1ccc(Cl)cc1. The molecule has 0 bridgehead atoms. The Bertz CT molecular complexity index is 1080. The molecule has 1 atom stereocenters. The largest absolute Gasteiger partial charge is 0.449 e. The van der Waals surface area contributed by atoms with Crippen molar-refractivity contribution in [3.63, 3.8) is 0 Å². The van der Waals surface area contributed by atoms with Crippen LogP contribution < -0.4 is 10.6 Å². The highest BCUT2D eigenvalue weighted by Crippen LogP contribution is 2.33. The van der Waals surface area contributed by atoms with Gasteiger partial charge in [0, 0.05) is 33.7 Å². The molecule has 1 heterocycles. The van der Waals surface area contributed by atoms with E-state index in [9.17, 15) is 14.4 Å². The Morgan fingerprint density at radius 1 is 1.13 bits per heavy atom. The van der Waals surface area contributed by atoms with Crippen LogP contribution in [0.3, 0.4) is 0 Å². The zero-order chi connectivity index (χ0) is 21.7.